The van der Waals surface area contributed by atoms with E-state index in [0.29, 0.717) is 137 Å². The lowest BCUT2D eigenvalue weighted by Gasteiger charge is -2.36. The Morgan fingerprint density at radius 2 is 1.37 bits per heavy atom. The predicted octanol–water partition coefficient (Wildman–Crippen LogP) is 6.03. The highest BCUT2D eigenvalue weighted by atomic mass is 32.1. The second kappa shape index (κ2) is 26.3. The molecule has 0 atom stereocenters. The van der Waals surface area contributed by atoms with Crippen LogP contribution < -0.4 is 26.4 Å². The average Bonchev–Trinajstić information content (AvgIpc) is 4.01. The minimum absolute atomic E-state index is 0.00863. The van der Waals surface area contributed by atoms with Gasteiger partial charge in [0.05, 0.1) is 113 Å². The van der Waals surface area contributed by atoms with Gasteiger partial charge in [-0.1, -0.05) is 25.0 Å². The van der Waals surface area contributed by atoms with Crippen molar-refractivity contribution in [3.05, 3.63) is 86.4 Å². The Morgan fingerprint density at radius 3 is 1.97 bits per heavy atom. The number of carbonyl (C=O) groups is 4. The second-order valence-corrected chi connectivity index (χ2v) is 18.5. The van der Waals surface area contributed by atoms with E-state index in [1.807, 2.05) is 30.9 Å². The van der Waals surface area contributed by atoms with E-state index in [9.17, 15) is 24.0 Å². The summed E-state index contributed by atoms with van der Waals surface area (Å²) < 4.78 is 29.5. The highest BCUT2D eigenvalue weighted by Gasteiger charge is 2.26. The molecule has 2 aliphatic rings. The number of aryl methyl sites for hydroxylation is 3. The van der Waals surface area contributed by atoms with Gasteiger partial charge in [-0.15, -0.1) is 11.3 Å². The molecular weight excluding hydrogens is 933 g/mol. The molecule has 0 radical (unpaired) electrons. The van der Waals surface area contributed by atoms with Crippen LogP contribution >= 0.6 is 11.3 Å². The van der Waals surface area contributed by atoms with Crippen molar-refractivity contribution in [3.8, 4) is 0 Å². The Balaban J connectivity index is 0.682. The van der Waals surface area contributed by atoms with Gasteiger partial charge >= 0.3 is 0 Å². The number of ether oxygens (including phenoxy) is 5. The molecule has 5 heterocycles. The van der Waals surface area contributed by atoms with Crippen LogP contribution in [0.25, 0.3) is 11.0 Å². The lowest BCUT2D eigenvalue weighted by Crippen LogP contribution is -2.49. The van der Waals surface area contributed by atoms with E-state index in [2.05, 4.69) is 35.8 Å². The molecule has 5 aromatic rings. The third-order valence-corrected chi connectivity index (χ3v) is 13.3. The van der Waals surface area contributed by atoms with Crippen molar-refractivity contribution in [2.24, 2.45) is 0 Å². The molecule has 2 fully saturated rings. The monoisotopic (exact) mass is 996 g/mol. The number of para-hydroxylation sites is 1. The number of anilines is 5. The van der Waals surface area contributed by atoms with Gasteiger partial charge in [0.15, 0.2) is 10.9 Å². The number of nitrogens with one attached hydrogen (secondary N) is 3. The fraction of sp³-hybridized carbons (Fsp3) is 0.500. The van der Waals surface area contributed by atoms with Crippen molar-refractivity contribution < 1.29 is 42.9 Å². The molecule has 4 aromatic heterocycles. The maximum Gasteiger partial charge on any atom is 0.263 e. The molecule has 0 unspecified atom stereocenters. The summed E-state index contributed by atoms with van der Waals surface area (Å²) in [6, 6.07) is 10.6. The third kappa shape index (κ3) is 14.7. The molecule has 1 saturated carbocycles. The molecule has 3 amide bonds. The number of ketones is 1. The number of rotatable bonds is 26. The first-order valence-corrected chi connectivity index (χ1v) is 25.0. The lowest BCUT2D eigenvalue weighted by atomic mass is 10.0. The third-order valence-electron chi connectivity index (χ3n) is 12.4. The highest BCUT2D eigenvalue weighted by molar-refractivity contribution is 7.15. The topological polar surface area (TPSA) is 231 Å². The first-order valence-electron chi connectivity index (χ1n) is 24.2. The normalized spacial score (nSPS) is 14.0. The van der Waals surface area contributed by atoms with Crippen LogP contribution in [0.1, 0.15) is 88.3 Å². The quantitative estimate of drug-likeness (QED) is 0.0424. The summed E-state index contributed by atoms with van der Waals surface area (Å²) in [5, 5.41) is 9.97. The van der Waals surface area contributed by atoms with Gasteiger partial charge in [0.25, 0.3) is 11.5 Å². The summed E-state index contributed by atoms with van der Waals surface area (Å²) in [7, 11) is 0. The average molecular weight is 997 g/mol. The molecule has 7 rings (SSSR count). The van der Waals surface area contributed by atoms with Crippen LogP contribution in [-0.2, 0) is 33.3 Å². The number of nitrogens with zero attached hydrogens (tertiary/aromatic N) is 7. The SMILES string of the molecule is CC(=O)c1c(C)c2cnc(Nc3ccc(N4CCN(C(=O)CCOCCOCCOCCOCCOCCC(=O)Nc5ccccc5C(=O)Nc5nc(C)c(C)s5)CC4)cn3)nc2n(C2CCCC2)c1=O. The van der Waals surface area contributed by atoms with Crippen LogP contribution in [0.5, 0.6) is 0 Å². The summed E-state index contributed by atoms with van der Waals surface area (Å²) in [5.74, 6) is 0.0380. The number of aromatic nitrogens is 5. The van der Waals surface area contributed by atoms with Crippen LogP contribution in [0.15, 0.2) is 53.6 Å². The number of piperazine rings is 1. The summed E-state index contributed by atoms with van der Waals surface area (Å²) >= 11 is 1.40. The van der Waals surface area contributed by atoms with E-state index in [4.69, 9.17) is 28.7 Å². The summed E-state index contributed by atoms with van der Waals surface area (Å²) in [4.78, 5) is 87.6. The molecular formula is C50H64N10O10S. The fourth-order valence-corrected chi connectivity index (χ4v) is 9.25. The largest absolute Gasteiger partial charge is 0.379 e. The number of carbonyl (C=O) groups excluding carboxylic acids is 4. The molecule has 71 heavy (non-hydrogen) atoms. The van der Waals surface area contributed by atoms with E-state index >= 15 is 0 Å². The number of benzene rings is 1. The van der Waals surface area contributed by atoms with Gasteiger partial charge in [-0.25, -0.2) is 15.0 Å². The van der Waals surface area contributed by atoms with E-state index < -0.39 is 0 Å². The lowest BCUT2D eigenvalue weighted by molar-refractivity contribution is -0.132. The first-order chi connectivity index (χ1) is 34.5. The number of hydrogen-bond donors (Lipinski definition) is 3. The van der Waals surface area contributed by atoms with Crippen molar-refractivity contribution in [1.82, 2.24) is 29.4 Å². The molecule has 0 spiro atoms. The van der Waals surface area contributed by atoms with E-state index in [-0.39, 0.29) is 53.7 Å². The summed E-state index contributed by atoms with van der Waals surface area (Å²) in [6.07, 6.45) is 7.65. The predicted molar refractivity (Wildman–Crippen MR) is 270 cm³/mol. The maximum atomic E-state index is 13.6. The van der Waals surface area contributed by atoms with Crippen molar-refractivity contribution in [2.75, 3.05) is 113 Å². The Morgan fingerprint density at radius 1 is 0.732 bits per heavy atom. The standard InChI is InChI=1S/C50H64N10O10S/c1-33-40-32-52-49(56-46(40)60(37-9-5-6-10-37)48(65)45(33)35(3)61)55-42-14-13-38(31-51-42)58-17-19-59(20-18-58)44(63)16-22-67-24-26-69-28-30-70-29-27-68-25-23-66-21-15-43(62)54-41-12-8-7-11-39(41)47(64)57-50-53-34(2)36(4)71-50/h7-8,11-14,31-32,37H,5-6,9-10,15-30H2,1-4H3,(H,54,62)(H,53,57,64)(H,51,52,55,56). The smallest absolute Gasteiger partial charge is 0.263 e. The van der Waals surface area contributed by atoms with Gasteiger partial charge in [0, 0.05) is 48.7 Å². The van der Waals surface area contributed by atoms with Crippen molar-refractivity contribution >= 4 is 74.1 Å². The second-order valence-electron chi connectivity index (χ2n) is 17.3. The number of fused-ring (bicyclic) bond motifs is 1. The Hall–Kier alpha value is -6.23. The van der Waals surface area contributed by atoms with Crippen molar-refractivity contribution in [3.63, 3.8) is 0 Å². The summed E-state index contributed by atoms with van der Waals surface area (Å²) in [5.41, 5.74) is 3.58. The minimum Gasteiger partial charge on any atom is -0.379 e. The molecule has 1 aliphatic heterocycles. The molecule has 20 nitrogen and oxygen atoms in total. The van der Waals surface area contributed by atoms with Crippen molar-refractivity contribution in [1.29, 1.82) is 0 Å². The van der Waals surface area contributed by atoms with Gasteiger partial charge in [-0.3, -0.25) is 33.9 Å². The highest BCUT2D eigenvalue weighted by Crippen LogP contribution is 2.32. The molecule has 380 valence electrons. The summed E-state index contributed by atoms with van der Waals surface area (Å²) in [6.45, 7) is 13.1. The van der Waals surface area contributed by atoms with Crippen LogP contribution in [0.4, 0.5) is 28.3 Å². The van der Waals surface area contributed by atoms with Crippen LogP contribution in [0, 0.1) is 20.8 Å². The van der Waals surface area contributed by atoms with E-state index in [1.165, 1.54) is 18.3 Å². The van der Waals surface area contributed by atoms with Crippen molar-refractivity contribution in [2.45, 2.75) is 72.3 Å². The number of hydrogen-bond acceptors (Lipinski definition) is 17. The molecule has 1 saturated heterocycles. The first kappa shape index (κ1) is 52.6. The number of amides is 3. The molecule has 3 N–H and O–H groups in total. The number of thiazole rings is 1. The van der Waals surface area contributed by atoms with Gasteiger partial charge in [0.2, 0.25) is 17.8 Å². The number of Topliss-reactive ketones (excluding diaryl/α,β-unsaturated/α-hetero) is 1. The Kier molecular flexibility index (Phi) is 19.5. The minimum atomic E-state index is -0.349. The molecule has 1 aromatic carbocycles. The Labute approximate surface area is 416 Å². The molecule has 0 bridgehead atoms. The van der Waals surface area contributed by atoms with Crippen LogP contribution in [0.3, 0.4) is 0 Å². The van der Waals surface area contributed by atoms with Gasteiger partial charge < -0.3 is 44.1 Å². The zero-order chi connectivity index (χ0) is 50.1. The number of pyridine rings is 2. The molecule has 1 aliphatic carbocycles. The fourth-order valence-electron chi connectivity index (χ4n) is 8.44. The zero-order valence-corrected chi connectivity index (χ0v) is 41.8. The van der Waals surface area contributed by atoms with E-state index in [0.717, 1.165) is 41.9 Å². The van der Waals surface area contributed by atoms with Crippen LogP contribution in [-0.4, -0.2) is 145 Å². The van der Waals surface area contributed by atoms with Crippen LogP contribution in [0.2, 0.25) is 0 Å². The Bertz CT molecular complexity index is 2650. The molecule has 21 heteroatoms. The van der Waals surface area contributed by atoms with Gasteiger partial charge in [-0.05, 0) is 70.4 Å². The zero-order valence-electron chi connectivity index (χ0n) is 41.0. The maximum absolute atomic E-state index is 13.6. The van der Waals surface area contributed by atoms with Gasteiger partial charge in [-0.2, -0.15) is 4.98 Å². The van der Waals surface area contributed by atoms with E-state index in [1.54, 1.807) is 48.1 Å². The van der Waals surface area contributed by atoms with Gasteiger partial charge in [0.1, 0.15) is 11.5 Å².